The molecule has 0 aromatic carbocycles. The predicted octanol–water partition coefficient (Wildman–Crippen LogP) is 3.47. The molecule has 2 heterocycles. The van der Waals surface area contributed by atoms with Crippen molar-refractivity contribution in [1.29, 1.82) is 0 Å². The second-order valence-electron chi connectivity index (χ2n) is 5.57. The summed E-state index contributed by atoms with van der Waals surface area (Å²) < 4.78 is 0.935. The predicted molar refractivity (Wildman–Crippen MR) is 82.9 cm³/mol. The minimum absolute atomic E-state index is 0.740. The largest absolute Gasteiger partial charge is 0.355 e. The summed E-state index contributed by atoms with van der Waals surface area (Å²) >= 11 is 9.66. The Hall–Kier alpha value is -0.320. The Morgan fingerprint density at radius 1 is 1.32 bits per heavy atom. The summed E-state index contributed by atoms with van der Waals surface area (Å²) in [5.74, 6) is 1.74. The van der Waals surface area contributed by atoms with Crippen molar-refractivity contribution in [3.05, 3.63) is 21.8 Å². The third-order valence-corrected chi connectivity index (χ3v) is 4.69. The zero-order valence-electron chi connectivity index (χ0n) is 10.9. The summed E-state index contributed by atoms with van der Waals surface area (Å²) in [4.78, 5) is 6.75. The number of halogens is 2. The van der Waals surface area contributed by atoms with Crippen molar-refractivity contribution in [2.75, 3.05) is 24.5 Å². The fourth-order valence-electron chi connectivity index (χ4n) is 2.61. The molecule has 1 aromatic heterocycles. The van der Waals surface area contributed by atoms with Crippen LogP contribution < -0.4 is 10.2 Å². The van der Waals surface area contributed by atoms with Gasteiger partial charge in [-0.3, -0.25) is 0 Å². The minimum atomic E-state index is 0.740. The van der Waals surface area contributed by atoms with Gasteiger partial charge >= 0.3 is 0 Å². The Kier molecular flexibility index (Phi) is 4.30. The summed E-state index contributed by atoms with van der Waals surface area (Å²) in [6.45, 7) is 3.30. The van der Waals surface area contributed by atoms with Gasteiger partial charge in [0.1, 0.15) is 5.82 Å². The third-order valence-electron chi connectivity index (χ3n) is 3.98. The van der Waals surface area contributed by atoms with E-state index in [-0.39, 0.29) is 0 Å². The lowest BCUT2D eigenvalue weighted by molar-refractivity contribution is 0.381. The number of nitrogens with zero attached hydrogens (tertiary/aromatic N) is 2. The number of hydrogen-bond donors (Lipinski definition) is 1. The summed E-state index contributed by atoms with van der Waals surface area (Å²) in [6, 6.07) is 2.74. The molecule has 3 rings (SSSR count). The standard InChI is InChI=1S/C14H19BrClN3/c15-11-7-13(16)14(18-9-11)19-5-3-10(4-6-19)8-17-12-1-2-12/h7,9-10,12,17H,1-6,8H2. The van der Waals surface area contributed by atoms with Gasteiger partial charge in [-0.2, -0.15) is 0 Å². The number of pyridine rings is 1. The molecular formula is C14H19BrClN3. The molecule has 1 saturated heterocycles. The molecule has 0 bridgehead atoms. The second kappa shape index (κ2) is 5.98. The van der Waals surface area contributed by atoms with E-state index in [1.165, 1.54) is 32.2 Å². The Labute approximate surface area is 127 Å². The van der Waals surface area contributed by atoms with Gasteiger partial charge in [0, 0.05) is 29.8 Å². The average molecular weight is 345 g/mol. The van der Waals surface area contributed by atoms with Gasteiger partial charge in [0.15, 0.2) is 0 Å². The van der Waals surface area contributed by atoms with E-state index in [1.54, 1.807) is 0 Å². The maximum absolute atomic E-state index is 6.26. The number of rotatable bonds is 4. The van der Waals surface area contributed by atoms with E-state index in [4.69, 9.17) is 11.6 Å². The fraction of sp³-hybridized carbons (Fsp3) is 0.643. The highest BCUT2D eigenvalue weighted by Gasteiger charge is 2.25. The van der Waals surface area contributed by atoms with Crippen molar-refractivity contribution >= 4 is 33.3 Å². The second-order valence-corrected chi connectivity index (χ2v) is 6.89. The SMILES string of the molecule is Clc1cc(Br)cnc1N1CCC(CNC2CC2)CC1. The third kappa shape index (κ3) is 3.61. The topological polar surface area (TPSA) is 28.2 Å². The molecule has 1 aliphatic heterocycles. The van der Waals surface area contributed by atoms with Crippen LogP contribution in [0.2, 0.25) is 5.02 Å². The molecule has 19 heavy (non-hydrogen) atoms. The fourth-order valence-corrected chi connectivity index (χ4v) is 3.36. The van der Waals surface area contributed by atoms with E-state index < -0.39 is 0 Å². The molecule has 104 valence electrons. The zero-order valence-corrected chi connectivity index (χ0v) is 13.3. The first-order valence-corrected chi connectivity index (χ1v) is 8.19. The van der Waals surface area contributed by atoms with Crippen LogP contribution in [0.1, 0.15) is 25.7 Å². The number of aromatic nitrogens is 1. The van der Waals surface area contributed by atoms with Crippen LogP contribution in [0.15, 0.2) is 16.7 Å². The van der Waals surface area contributed by atoms with Gasteiger partial charge in [-0.25, -0.2) is 4.98 Å². The molecule has 0 radical (unpaired) electrons. The monoisotopic (exact) mass is 343 g/mol. The molecule has 1 saturated carbocycles. The van der Waals surface area contributed by atoms with Crippen molar-refractivity contribution < 1.29 is 0 Å². The van der Waals surface area contributed by atoms with Crippen molar-refractivity contribution in [2.45, 2.75) is 31.7 Å². The van der Waals surface area contributed by atoms with Crippen LogP contribution in [0.3, 0.4) is 0 Å². The van der Waals surface area contributed by atoms with Crippen LogP contribution in [0, 0.1) is 5.92 Å². The molecule has 3 nitrogen and oxygen atoms in total. The molecule has 0 spiro atoms. The summed E-state index contributed by atoms with van der Waals surface area (Å²) in [6.07, 6.45) is 7.03. The highest BCUT2D eigenvalue weighted by molar-refractivity contribution is 9.10. The van der Waals surface area contributed by atoms with Crippen LogP contribution in [-0.4, -0.2) is 30.7 Å². The van der Waals surface area contributed by atoms with Crippen molar-refractivity contribution in [3.63, 3.8) is 0 Å². The number of piperidine rings is 1. The molecule has 1 N–H and O–H groups in total. The first-order chi connectivity index (χ1) is 9.22. The van der Waals surface area contributed by atoms with Gasteiger partial charge in [0.05, 0.1) is 5.02 Å². The van der Waals surface area contributed by atoms with Gasteiger partial charge in [-0.15, -0.1) is 0 Å². The van der Waals surface area contributed by atoms with E-state index in [0.29, 0.717) is 0 Å². The molecule has 1 aromatic rings. The minimum Gasteiger partial charge on any atom is -0.355 e. The first-order valence-electron chi connectivity index (χ1n) is 7.02. The zero-order chi connectivity index (χ0) is 13.2. The number of nitrogens with one attached hydrogen (secondary N) is 1. The van der Waals surface area contributed by atoms with Crippen LogP contribution >= 0.6 is 27.5 Å². The maximum Gasteiger partial charge on any atom is 0.147 e. The van der Waals surface area contributed by atoms with Crippen molar-refractivity contribution in [2.24, 2.45) is 5.92 Å². The molecule has 0 atom stereocenters. The Balaban J connectivity index is 1.53. The smallest absolute Gasteiger partial charge is 0.147 e. The molecule has 0 amide bonds. The van der Waals surface area contributed by atoms with Crippen LogP contribution in [0.5, 0.6) is 0 Å². The lowest BCUT2D eigenvalue weighted by atomic mass is 9.97. The molecular weight excluding hydrogens is 326 g/mol. The molecule has 0 unspecified atom stereocenters. The van der Waals surface area contributed by atoms with Crippen LogP contribution in [0.4, 0.5) is 5.82 Å². The van der Waals surface area contributed by atoms with Crippen LogP contribution in [0.25, 0.3) is 0 Å². The van der Waals surface area contributed by atoms with Gasteiger partial charge in [-0.05, 0) is 60.1 Å². The summed E-state index contributed by atoms with van der Waals surface area (Å²) in [7, 11) is 0. The number of anilines is 1. The molecule has 1 aliphatic carbocycles. The van der Waals surface area contributed by atoms with Crippen molar-refractivity contribution in [1.82, 2.24) is 10.3 Å². The van der Waals surface area contributed by atoms with Gasteiger partial charge < -0.3 is 10.2 Å². The van der Waals surface area contributed by atoms with E-state index in [2.05, 4.69) is 31.1 Å². The summed E-state index contributed by atoms with van der Waals surface area (Å²) in [5, 5.41) is 4.37. The summed E-state index contributed by atoms with van der Waals surface area (Å²) in [5.41, 5.74) is 0. The average Bonchev–Trinajstić information content (AvgIpc) is 3.21. The van der Waals surface area contributed by atoms with Gasteiger partial charge in [0.2, 0.25) is 0 Å². The van der Waals surface area contributed by atoms with E-state index >= 15 is 0 Å². The van der Waals surface area contributed by atoms with E-state index in [0.717, 1.165) is 40.4 Å². The molecule has 2 fully saturated rings. The molecule has 5 heteroatoms. The Morgan fingerprint density at radius 3 is 2.68 bits per heavy atom. The highest BCUT2D eigenvalue weighted by atomic mass is 79.9. The lowest BCUT2D eigenvalue weighted by Crippen LogP contribution is -2.38. The van der Waals surface area contributed by atoms with Crippen LogP contribution in [-0.2, 0) is 0 Å². The van der Waals surface area contributed by atoms with Crippen molar-refractivity contribution in [3.8, 4) is 0 Å². The first kappa shape index (κ1) is 13.7. The molecule has 2 aliphatic rings. The Bertz CT molecular complexity index is 442. The highest BCUT2D eigenvalue weighted by Crippen LogP contribution is 2.29. The Morgan fingerprint density at radius 2 is 2.05 bits per heavy atom. The van der Waals surface area contributed by atoms with Gasteiger partial charge in [0.25, 0.3) is 0 Å². The lowest BCUT2D eigenvalue weighted by Gasteiger charge is -2.33. The van der Waals surface area contributed by atoms with Gasteiger partial charge in [-0.1, -0.05) is 11.6 Å². The van der Waals surface area contributed by atoms with E-state index in [9.17, 15) is 0 Å². The maximum atomic E-state index is 6.26. The number of hydrogen-bond acceptors (Lipinski definition) is 3. The normalized spacial score (nSPS) is 20.8. The van der Waals surface area contributed by atoms with E-state index in [1.807, 2.05) is 12.3 Å². The quantitative estimate of drug-likeness (QED) is 0.906.